The van der Waals surface area contributed by atoms with Gasteiger partial charge in [0.2, 0.25) is 5.91 Å². The summed E-state index contributed by atoms with van der Waals surface area (Å²) in [5.41, 5.74) is 3.37. The van der Waals surface area contributed by atoms with Gasteiger partial charge in [0, 0.05) is 22.9 Å². The Morgan fingerprint density at radius 1 is 1.17 bits per heavy atom. The van der Waals surface area contributed by atoms with E-state index in [9.17, 15) is 4.79 Å². The Balaban J connectivity index is 1.62. The number of carbonyl (C=O) groups is 1. The Hall–Kier alpha value is -1.94. The first kappa shape index (κ1) is 15.9. The van der Waals surface area contributed by atoms with Crippen LogP contribution in [0.4, 0.5) is 11.4 Å². The van der Waals surface area contributed by atoms with Crippen molar-refractivity contribution >= 4 is 29.0 Å². The third kappa shape index (κ3) is 3.88. The van der Waals surface area contributed by atoms with Crippen LogP contribution in [0, 0.1) is 0 Å². The van der Waals surface area contributed by atoms with Gasteiger partial charge < -0.3 is 10.2 Å². The smallest absolute Gasteiger partial charge is 0.246 e. The summed E-state index contributed by atoms with van der Waals surface area (Å²) in [5, 5.41) is 3.24. The van der Waals surface area contributed by atoms with Crippen LogP contribution in [0.25, 0.3) is 0 Å². The normalized spacial score (nSPS) is 13.5. The molecule has 0 unspecified atom stereocenters. The molecule has 4 heteroatoms. The Kier molecular flexibility index (Phi) is 5.23. The summed E-state index contributed by atoms with van der Waals surface area (Å²) in [4.78, 5) is 15.6. The molecule has 2 aromatic rings. The van der Waals surface area contributed by atoms with Crippen molar-refractivity contribution in [2.45, 2.75) is 24.7 Å². The lowest BCUT2D eigenvalue weighted by Crippen LogP contribution is -2.39. The molecular formula is C19H22N2OS. The molecule has 1 heterocycles. The van der Waals surface area contributed by atoms with Crippen LogP contribution in [-0.4, -0.2) is 24.7 Å². The zero-order chi connectivity index (χ0) is 16.1. The minimum absolute atomic E-state index is 0.121. The zero-order valence-corrected chi connectivity index (χ0v) is 14.2. The molecular weight excluding hydrogens is 304 g/mol. The number of amides is 1. The van der Waals surface area contributed by atoms with Crippen LogP contribution >= 0.6 is 11.8 Å². The van der Waals surface area contributed by atoms with Crippen LogP contribution in [0.2, 0.25) is 0 Å². The number of thioether (sulfide) groups is 1. The second-order valence-electron chi connectivity index (χ2n) is 5.66. The van der Waals surface area contributed by atoms with E-state index in [1.165, 1.54) is 10.5 Å². The van der Waals surface area contributed by atoms with E-state index in [4.69, 9.17) is 0 Å². The number of hydrogen-bond donors (Lipinski definition) is 1. The van der Waals surface area contributed by atoms with Gasteiger partial charge in [0.1, 0.15) is 0 Å². The fourth-order valence-electron chi connectivity index (χ4n) is 2.78. The van der Waals surface area contributed by atoms with E-state index in [0.717, 1.165) is 36.5 Å². The van der Waals surface area contributed by atoms with E-state index in [1.807, 2.05) is 34.9 Å². The molecule has 1 aliphatic heterocycles. The van der Waals surface area contributed by atoms with Gasteiger partial charge in [0.05, 0.1) is 12.2 Å². The molecule has 3 rings (SSSR count). The number of nitrogens with one attached hydrogen (secondary N) is 1. The number of carbonyl (C=O) groups excluding carboxylic acids is 1. The van der Waals surface area contributed by atoms with Crippen molar-refractivity contribution in [2.24, 2.45) is 0 Å². The Bertz CT molecular complexity index is 669. The summed E-state index contributed by atoms with van der Waals surface area (Å²) in [6.07, 6.45) is 2.25. The maximum absolute atomic E-state index is 12.6. The third-order valence-electron chi connectivity index (χ3n) is 3.97. The van der Waals surface area contributed by atoms with Crippen LogP contribution in [0.15, 0.2) is 53.4 Å². The van der Waals surface area contributed by atoms with Gasteiger partial charge in [-0.25, -0.2) is 0 Å². The van der Waals surface area contributed by atoms with Crippen molar-refractivity contribution in [1.82, 2.24) is 0 Å². The maximum Gasteiger partial charge on any atom is 0.246 e. The first-order chi connectivity index (χ1) is 11.3. The molecule has 0 atom stereocenters. The summed E-state index contributed by atoms with van der Waals surface area (Å²) in [6.45, 7) is 3.28. The number of aryl methyl sites for hydroxylation is 1. The predicted octanol–water partition coefficient (Wildman–Crippen LogP) is 4.19. The number of rotatable bonds is 5. The zero-order valence-electron chi connectivity index (χ0n) is 13.4. The molecule has 0 saturated carbocycles. The highest BCUT2D eigenvalue weighted by molar-refractivity contribution is 7.99. The quantitative estimate of drug-likeness (QED) is 0.894. The van der Waals surface area contributed by atoms with Crippen molar-refractivity contribution in [2.75, 3.05) is 29.1 Å². The largest absolute Gasteiger partial charge is 0.376 e. The van der Waals surface area contributed by atoms with Crippen LogP contribution in [0.1, 0.15) is 18.9 Å². The predicted molar refractivity (Wildman–Crippen MR) is 98.4 cm³/mol. The van der Waals surface area contributed by atoms with Gasteiger partial charge in [-0.15, -0.1) is 11.8 Å². The molecule has 0 radical (unpaired) electrons. The highest BCUT2D eigenvalue weighted by atomic mass is 32.2. The number of benzene rings is 2. The van der Waals surface area contributed by atoms with E-state index in [0.29, 0.717) is 6.54 Å². The number of fused-ring (bicyclic) bond motifs is 1. The molecule has 3 nitrogen and oxygen atoms in total. The fraction of sp³-hybridized carbons (Fsp3) is 0.316. The summed E-state index contributed by atoms with van der Waals surface area (Å²) in [6, 6.07) is 16.5. The number of hydrogen-bond acceptors (Lipinski definition) is 3. The van der Waals surface area contributed by atoms with Crippen molar-refractivity contribution in [3.05, 3.63) is 54.1 Å². The Morgan fingerprint density at radius 2 is 1.96 bits per heavy atom. The Labute approximate surface area is 142 Å². The lowest BCUT2D eigenvalue weighted by Gasteiger charge is -2.29. The summed E-state index contributed by atoms with van der Waals surface area (Å²) >= 11 is 1.82. The van der Waals surface area contributed by atoms with Gasteiger partial charge in [-0.3, -0.25) is 4.79 Å². The van der Waals surface area contributed by atoms with E-state index in [-0.39, 0.29) is 5.91 Å². The lowest BCUT2D eigenvalue weighted by atomic mass is 10.1. The van der Waals surface area contributed by atoms with Crippen LogP contribution in [0.5, 0.6) is 0 Å². The minimum atomic E-state index is 0.121. The molecule has 0 aliphatic carbocycles. The second-order valence-corrected chi connectivity index (χ2v) is 6.80. The molecule has 0 bridgehead atoms. The molecule has 1 N–H and O–H groups in total. The van der Waals surface area contributed by atoms with Crippen molar-refractivity contribution in [1.29, 1.82) is 0 Å². The average molecular weight is 326 g/mol. The first-order valence-corrected chi connectivity index (χ1v) is 9.11. The van der Waals surface area contributed by atoms with Gasteiger partial charge in [-0.2, -0.15) is 0 Å². The van der Waals surface area contributed by atoms with E-state index in [1.54, 1.807) is 0 Å². The van der Waals surface area contributed by atoms with Crippen molar-refractivity contribution in [3.63, 3.8) is 0 Å². The topological polar surface area (TPSA) is 32.3 Å². The summed E-state index contributed by atoms with van der Waals surface area (Å²) in [5.74, 6) is 1.07. The molecule has 0 fully saturated rings. The molecule has 2 aromatic carbocycles. The lowest BCUT2D eigenvalue weighted by molar-refractivity contribution is -0.117. The summed E-state index contributed by atoms with van der Waals surface area (Å²) < 4.78 is 0. The fourth-order valence-corrected chi connectivity index (χ4v) is 3.77. The number of para-hydroxylation sites is 1. The van der Waals surface area contributed by atoms with E-state index in [2.05, 4.69) is 42.6 Å². The molecule has 1 aliphatic rings. The molecule has 23 heavy (non-hydrogen) atoms. The third-order valence-corrected chi connectivity index (χ3v) is 5.01. The van der Waals surface area contributed by atoms with E-state index < -0.39 is 0 Å². The highest BCUT2D eigenvalue weighted by Gasteiger charge is 2.22. The Morgan fingerprint density at radius 3 is 2.74 bits per heavy atom. The van der Waals surface area contributed by atoms with Gasteiger partial charge in [0.25, 0.3) is 0 Å². The van der Waals surface area contributed by atoms with Crippen molar-refractivity contribution in [3.8, 4) is 0 Å². The molecule has 120 valence electrons. The van der Waals surface area contributed by atoms with Gasteiger partial charge in [-0.05, 0) is 36.2 Å². The van der Waals surface area contributed by atoms with E-state index >= 15 is 0 Å². The monoisotopic (exact) mass is 326 g/mol. The maximum atomic E-state index is 12.6. The first-order valence-electron chi connectivity index (χ1n) is 8.13. The summed E-state index contributed by atoms with van der Waals surface area (Å²) in [7, 11) is 0. The van der Waals surface area contributed by atoms with Gasteiger partial charge >= 0.3 is 0 Å². The van der Waals surface area contributed by atoms with Gasteiger partial charge in [-0.1, -0.05) is 37.6 Å². The second kappa shape index (κ2) is 7.55. The van der Waals surface area contributed by atoms with Crippen molar-refractivity contribution < 1.29 is 4.79 Å². The SMILES string of the molecule is CCCc1ccc(NCC(=O)N2CCSc3ccccc32)cc1. The minimum Gasteiger partial charge on any atom is -0.376 e. The van der Waals surface area contributed by atoms with Crippen LogP contribution < -0.4 is 10.2 Å². The standard InChI is InChI=1S/C19H22N2OS/c1-2-5-15-8-10-16(11-9-15)20-14-19(22)21-12-13-23-18-7-4-3-6-17(18)21/h3-4,6-11,20H,2,5,12-14H2,1H3. The molecule has 1 amide bonds. The average Bonchev–Trinajstić information content (AvgIpc) is 2.60. The molecule has 0 saturated heterocycles. The van der Waals surface area contributed by atoms with Crippen LogP contribution in [0.3, 0.4) is 0 Å². The number of anilines is 2. The molecule has 0 spiro atoms. The van der Waals surface area contributed by atoms with Gasteiger partial charge in [0.15, 0.2) is 0 Å². The molecule has 0 aromatic heterocycles. The highest BCUT2D eigenvalue weighted by Crippen LogP contribution is 2.34. The number of nitrogens with zero attached hydrogens (tertiary/aromatic N) is 1. The van der Waals surface area contributed by atoms with Crippen LogP contribution in [-0.2, 0) is 11.2 Å².